The Morgan fingerprint density at radius 3 is 2.25 bits per heavy atom. The fourth-order valence-corrected chi connectivity index (χ4v) is 3.34. The number of hydrogen-bond acceptors (Lipinski definition) is 6. The number of halogens is 1. The molecule has 0 atom stereocenters. The minimum Gasteiger partial charge on any atom is -0.507 e. The molecule has 7 nitrogen and oxygen atoms in total. The van der Waals surface area contributed by atoms with Crippen molar-refractivity contribution in [3.05, 3.63) is 52.0 Å². The fourth-order valence-electron chi connectivity index (χ4n) is 3.11. The Labute approximate surface area is 191 Å². The third-order valence-corrected chi connectivity index (χ3v) is 5.04. The number of carboxylic acid groups (broad SMARTS) is 1. The normalized spacial score (nSPS) is 10.6. The van der Waals surface area contributed by atoms with Gasteiger partial charge in [0.25, 0.3) is 0 Å². The summed E-state index contributed by atoms with van der Waals surface area (Å²) in [4.78, 5) is 34.2. The molecule has 0 amide bonds. The van der Waals surface area contributed by atoms with Gasteiger partial charge in [-0.05, 0) is 43.7 Å². The first-order valence-corrected chi connectivity index (χ1v) is 10.8. The van der Waals surface area contributed by atoms with Gasteiger partial charge in [0, 0.05) is 24.0 Å². The molecule has 0 saturated carbocycles. The van der Waals surface area contributed by atoms with Crippen molar-refractivity contribution in [1.82, 2.24) is 0 Å². The van der Waals surface area contributed by atoms with Crippen LogP contribution in [-0.4, -0.2) is 41.0 Å². The zero-order valence-electron chi connectivity index (χ0n) is 18.2. The molecule has 32 heavy (non-hydrogen) atoms. The van der Waals surface area contributed by atoms with E-state index in [1.54, 1.807) is 24.3 Å². The topological polar surface area (TPSA) is 110 Å². The van der Waals surface area contributed by atoms with E-state index >= 15 is 0 Å². The highest BCUT2D eigenvalue weighted by molar-refractivity contribution is 6.32. The Bertz CT molecular complexity index is 985. The average molecular weight is 463 g/mol. The first-order chi connectivity index (χ1) is 15.2. The highest BCUT2D eigenvalue weighted by Gasteiger charge is 2.16. The number of benzene rings is 2. The van der Waals surface area contributed by atoms with E-state index in [-0.39, 0.29) is 40.7 Å². The fraction of sp³-hybridized carbons (Fsp3) is 0.375. The van der Waals surface area contributed by atoms with Crippen LogP contribution in [0.25, 0.3) is 0 Å². The molecule has 0 fully saturated rings. The third-order valence-electron chi connectivity index (χ3n) is 4.74. The van der Waals surface area contributed by atoms with Gasteiger partial charge in [0.15, 0.2) is 11.6 Å². The lowest BCUT2D eigenvalue weighted by molar-refractivity contribution is -0.136. The quantitative estimate of drug-likeness (QED) is 0.315. The van der Waals surface area contributed by atoms with Crippen molar-refractivity contribution in [2.75, 3.05) is 13.2 Å². The molecular formula is C24H27ClO7. The SMILES string of the molecule is CCCc1c(OCCCOc2ccc(C(=O)CCC(=O)O)cc2Cl)ccc(C(C)=O)c1O. The van der Waals surface area contributed by atoms with E-state index in [2.05, 4.69) is 0 Å². The predicted octanol–water partition coefficient (Wildman–Crippen LogP) is 5.10. The van der Waals surface area contributed by atoms with Crippen molar-refractivity contribution < 1.29 is 34.1 Å². The highest BCUT2D eigenvalue weighted by Crippen LogP contribution is 2.33. The summed E-state index contributed by atoms with van der Waals surface area (Å²) >= 11 is 6.18. The van der Waals surface area contributed by atoms with Crippen molar-refractivity contribution in [2.45, 2.75) is 46.0 Å². The molecule has 0 aliphatic heterocycles. The number of ether oxygens (including phenoxy) is 2. The van der Waals surface area contributed by atoms with Crippen molar-refractivity contribution in [1.29, 1.82) is 0 Å². The van der Waals surface area contributed by atoms with Gasteiger partial charge in [-0.2, -0.15) is 0 Å². The lowest BCUT2D eigenvalue weighted by atomic mass is 10.0. The van der Waals surface area contributed by atoms with Crippen LogP contribution >= 0.6 is 11.6 Å². The van der Waals surface area contributed by atoms with Crippen LogP contribution in [0.1, 0.15) is 65.8 Å². The number of carbonyl (C=O) groups is 3. The Kier molecular flexibility index (Phi) is 9.53. The minimum atomic E-state index is -1.03. The van der Waals surface area contributed by atoms with E-state index in [0.717, 1.165) is 6.42 Å². The van der Waals surface area contributed by atoms with Crippen LogP contribution in [0.4, 0.5) is 0 Å². The molecular weight excluding hydrogens is 436 g/mol. The first-order valence-electron chi connectivity index (χ1n) is 10.4. The number of phenolic OH excluding ortho intramolecular Hbond substituents is 1. The number of aromatic hydroxyl groups is 1. The molecule has 0 aliphatic rings. The molecule has 0 heterocycles. The smallest absolute Gasteiger partial charge is 0.303 e. The summed E-state index contributed by atoms with van der Waals surface area (Å²) in [5.74, 6) is -0.605. The van der Waals surface area contributed by atoms with Gasteiger partial charge in [-0.3, -0.25) is 14.4 Å². The molecule has 2 rings (SSSR count). The summed E-state index contributed by atoms with van der Waals surface area (Å²) < 4.78 is 11.4. The zero-order chi connectivity index (χ0) is 23.7. The summed E-state index contributed by atoms with van der Waals surface area (Å²) in [6.07, 6.45) is 1.60. The van der Waals surface area contributed by atoms with Gasteiger partial charge in [0.1, 0.15) is 17.2 Å². The Morgan fingerprint density at radius 1 is 1.00 bits per heavy atom. The molecule has 8 heteroatoms. The zero-order valence-corrected chi connectivity index (χ0v) is 18.9. The molecule has 0 aliphatic carbocycles. The maximum atomic E-state index is 12.0. The number of Topliss-reactive ketones (excluding diaryl/α,β-unsaturated/α-hetero) is 2. The number of hydrogen-bond donors (Lipinski definition) is 2. The van der Waals surface area contributed by atoms with E-state index < -0.39 is 5.97 Å². The average Bonchev–Trinajstić information content (AvgIpc) is 2.74. The van der Waals surface area contributed by atoms with Crippen LogP contribution in [-0.2, 0) is 11.2 Å². The molecule has 2 aromatic rings. The maximum Gasteiger partial charge on any atom is 0.303 e. The third kappa shape index (κ3) is 6.99. The summed E-state index contributed by atoms with van der Waals surface area (Å²) in [6, 6.07) is 7.85. The summed E-state index contributed by atoms with van der Waals surface area (Å²) in [5, 5.41) is 19.3. The second-order valence-electron chi connectivity index (χ2n) is 7.26. The van der Waals surface area contributed by atoms with Crippen LogP contribution in [0.3, 0.4) is 0 Å². The molecule has 0 radical (unpaired) electrons. The van der Waals surface area contributed by atoms with E-state index in [1.165, 1.54) is 13.0 Å². The summed E-state index contributed by atoms with van der Waals surface area (Å²) in [6.45, 7) is 4.03. The molecule has 172 valence electrons. The highest BCUT2D eigenvalue weighted by atomic mass is 35.5. The van der Waals surface area contributed by atoms with Crippen LogP contribution in [0.5, 0.6) is 17.2 Å². The molecule has 0 aromatic heterocycles. The van der Waals surface area contributed by atoms with E-state index in [4.69, 9.17) is 26.2 Å². The predicted molar refractivity (Wildman–Crippen MR) is 120 cm³/mol. The van der Waals surface area contributed by atoms with Gasteiger partial charge in [0.2, 0.25) is 0 Å². The molecule has 0 saturated heterocycles. The largest absolute Gasteiger partial charge is 0.507 e. The minimum absolute atomic E-state index is 0.0297. The molecule has 0 bridgehead atoms. The van der Waals surface area contributed by atoms with E-state index in [0.29, 0.717) is 48.7 Å². The molecule has 2 N–H and O–H groups in total. The second-order valence-corrected chi connectivity index (χ2v) is 7.66. The van der Waals surface area contributed by atoms with Crippen LogP contribution in [0.15, 0.2) is 30.3 Å². The Balaban J connectivity index is 1.89. The van der Waals surface area contributed by atoms with Crippen LogP contribution in [0, 0.1) is 0 Å². The first kappa shape index (κ1) is 25.2. The number of ketones is 2. The van der Waals surface area contributed by atoms with Crippen molar-refractivity contribution >= 4 is 29.1 Å². The van der Waals surface area contributed by atoms with Crippen LogP contribution < -0.4 is 9.47 Å². The summed E-state index contributed by atoms with van der Waals surface area (Å²) in [7, 11) is 0. The van der Waals surface area contributed by atoms with Gasteiger partial charge >= 0.3 is 5.97 Å². The lowest BCUT2D eigenvalue weighted by Gasteiger charge is -2.15. The Hall–Kier alpha value is -3.06. The second kappa shape index (κ2) is 12.1. The van der Waals surface area contributed by atoms with Crippen molar-refractivity contribution in [2.24, 2.45) is 0 Å². The molecule has 0 spiro atoms. The van der Waals surface area contributed by atoms with Gasteiger partial charge in [0.05, 0.1) is 30.2 Å². The number of carboxylic acids is 1. The number of rotatable bonds is 13. The standard InChI is InChI=1S/C24H27ClO7/c1-3-5-18-21(10-7-17(15(2)26)24(18)30)31-12-4-13-32-22-9-6-16(14-19(22)25)20(27)8-11-23(28)29/h6-7,9-10,14,30H,3-5,8,11-13H2,1-2H3,(H,28,29). The maximum absolute atomic E-state index is 12.0. The number of aliphatic carboxylic acids is 1. The number of phenols is 1. The van der Waals surface area contributed by atoms with Gasteiger partial charge in [-0.1, -0.05) is 24.9 Å². The molecule has 0 unspecified atom stereocenters. The van der Waals surface area contributed by atoms with E-state index in [9.17, 15) is 19.5 Å². The van der Waals surface area contributed by atoms with Gasteiger partial charge in [-0.15, -0.1) is 0 Å². The van der Waals surface area contributed by atoms with Gasteiger partial charge < -0.3 is 19.7 Å². The van der Waals surface area contributed by atoms with E-state index in [1.807, 2.05) is 6.92 Å². The lowest BCUT2D eigenvalue weighted by Crippen LogP contribution is -2.08. The van der Waals surface area contributed by atoms with Crippen molar-refractivity contribution in [3.8, 4) is 17.2 Å². The monoisotopic (exact) mass is 462 g/mol. The van der Waals surface area contributed by atoms with Crippen LogP contribution in [0.2, 0.25) is 5.02 Å². The van der Waals surface area contributed by atoms with Crippen molar-refractivity contribution in [3.63, 3.8) is 0 Å². The molecule has 2 aromatic carbocycles. The Morgan fingerprint density at radius 2 is 1.66 bits per heavy atom. The van der Waals surface area contributed by atoms with Gasteiger partial charge in [-0.25, -0.2) is 0 Å². The number of carbonyl (C=O) groups excluding carboxylic acids is 2. The summed E-state index contributed by atoms with van der Waals surface area (Å²) in [5.41, 5.74) is 1.24.